The van der Waals surface area contributed by atoms with Crippen molar-refractivity contribution in [3.05, 3.63) is 0 Å². The van der Waals surface area contributed by atoms with E-state index >= 15 is 0 Å². The van der Waals surface area contributed by atoms with Gasteiger partial charge >= 0.3 is 6.09 Å². The van der Waals surface area contributed by atoms with E-state index in [0.717, 1.165) is 6.42 Å². The number of amides is 1. The maximum atomic E-state index is 11.7. The van der Waals surface area contributed by atoms with Crippen LogP contribution in [-0.2, 0) is 9.53 Å². The Morgan fingerprint density at radius 3 is 2.27 bits per heavy atom. The molecule has 0 spiro atoms. The summed E-state index contributed by atoms with van der Waals surface area (Å²) in [6.45, 7) is 6.64. The number of piperidine rings is 2. The van der Waals surface area contributed by atoms with Crippen LogP contribution >= 0.6 is 0 Å². The zero-order valence-electron chi connectivity index (χ0n) is 9.45. The molecule has 3 aliphatic rings. The molecule has 0 radical (unpaired) electrons. The summed E-state index contributed by atoms with van der Waals surface area (Å²) in [4.78, 5) is 24.7. The number of hydrogen-bond donors (Lipinski definition) is 0. The minimum atomic E-state index is -0.456. The second-order valence-corrected chi connectivity index (χ2v) is 5.42. The van der Waals surface area contributed by atoms with Gasteiger partial charge < -0.3 is 9.64 Å². The summed E-state index contributed by atoms with van der Waals surface area (Å²) in [7, 11) is 0. The molecule has 1 aliphatic carbocycles. The number of nitrogens with zero attached hydrogens (tertiary/aromatic N) is 1. The number of ketones is 1. The average molecular weight is 211 g/mol. The number of fused-ring (bicyclic) bond motifs is 2. The van der Waals surface area contributed by atoms with E-state index in [9.17, 15) is 9.59 Å². The first-order valence-electron chi connectivity index (χ1n) is 5.38. The van der Waals surface area contributed by atoms with E-state index in [1.807, 2.05) is 20.8 Å². The fraction of sp³-hybridized carbons (Fsp3) is 0.818. The van der Waals surface area contributed by atoms with Gasteiger partial charge in [0.25, 0.3) is 0 Å². The second-order valence-electron chi connectivity index (χ2n) is 5.42. The van der Waals surface area contributed by atoms with Crippen molar-refractivity contribution in [2.75, 3.05) is 13.1 Å². The minimum absolute atomic E-state index is 0.0799. The van der Waals surface area contributed by atoms with Gasteiger partial charge in [0, 0.05) is 24.9 Å². The largest absolute Gasteiger partial charge is 0.444 e. The van der Waals surface area contributed by atoms with Crippen LogP contribution in [0.4, 0.5) is 4.79 Å². The van der Waals surface area contributed by atoms with E-state index in [4.69, 9.17) is 4.74 Å². The Labute approximate surface area is 89.6 Å². The van der Waals surface area contributed by atoms with Crippen LogP contribution < -0.4 is 0 Å². The van der Waals surface area contributed by atoms with Crippen LogP contribution in [0, 0.1) is 11.8 Å². The van der Waals surface area contributed by atoms with Crippen molar-refractivity contribution in [3.8, 4) is 0 Å². The summed E-state index contributed by atoms with van der Waals surface area (Å²) in [6, 6.07) is 0. The van der Waals surface area contributed by atoms with Crippen LogP contribution in [0.3, 0.4) is 0 Å². The summed E-state index contributed by atoms with van der Waals surface area (Å²) in [5.41, 5.74) is -0.456. The van der Waals surface area contributed by atoms with Gasteiger partial charge in [-0.1, -0.05) is 0 Å². The Kier molecular flexibility index (Phi) is 2.24. The van der Waals surface area contributed by atoms with Crippen molar-refractivity contribution in [2.45, 2.75) is 32.8 Å². The van der Waals surface area contributed by atoms with Gasteiger partial charge in [0.15, 0.2) is 0 Å². The van der Waals surface area contributed by atoms with Crippen LogP contribution in [0.1, 0.15) is 27.2 Å². The minimum Gasteiger partial charge on any atom is -0.444 e. The lowest BCUT2D eigenvalue weighted by Gasteiger charge is -2.45. The molecule has 0 aromatic carbocycles. The molecule has 84 valence electrons. The number of Topliss-reactive ketones (excluding diaryl/α,β-unsaturated/α-hetero) is 1. The summed E-state index contributed by atoms with van der Waals surface area (Å²) in [5, 5.41) is 0. The van der Waals surface area contributed by atoms with Crippen molar-refractivity contribution >= 4 is 11.9 Å². The molecular weight excluding hydrogens is 194 g/mol. The standard InChI is InChI=1S/C11H17NO3/c1-11(2,3)15-10(14)12-5-7-4-8(6-12)9(7)13/h7-8H,4-6H2,1-3H3/t7-,8+. The van der Waals surface area contributed by atoms with Gasteiger partial charge in [0.05, 0.1) is 0 Å². The Balaban J connectivity index is 1.91. The summed E-state index contributed by atoms with van der Waals surface area (Å²) < 4.78 is 5.26. The lowest BCUT2D eigenvalue weighted by Crippen LogP contribution is -2.57. The normalized spacial score (nSPS) is 29.8. The highest BCUT2D eigenvalue weighted by Gasteiger charge is 2.47. The highest BCUT2D eigenvalue weighted by atomic mass is 16.6. The lowest BCUT2D eigenvalue weighted by atomic mass is 9.70. The Morgan fingerprint density at radius 1 is 1.33 bits per heavy atom. The predicted octanol–water partition coefficient (Wildman–Crippen LogP) is 1.44. The van der Waals surface area contributed by atoms with Gasteiger partial charge in [-0.2, -0.15) is 0 Å². The number of rotatable bonds is 0. The molecule has 15 heavy (non-hydrogen) atoms. The molecule has 2 saturated heterocycles. The molecule has 0 unspecified atom stereocenters. The molecule has 3 fully saturated rings. The van der Waals surface area contributed by atoms with Crippen molar-refractivity contribution < 1.29 is 14.3 Å². The Morgan fingerprint density at radius 2 is 1.87 bits per heavy atom. The molecule has 0 aromatic heterocycles. The molecule has 0 aromatic rings. The lowest BCUT2D eigenvalue weighted by molar-refractivity contribution is -0.142. The van der Waals surface area contributed by atoms with Crippen molar-refractivity contribution in [1.29, 1.82) is 0 Å². The fourth-order valence-electron chi connectivity index (χ4n) is 2.16. The third-order valence-corrected chi connectivity index (χ3v) is 2.91. The van der Waals surface area contributed by atoms with Crippen LogP contribution in [0.15, 0.2) is 0 Å². The van der Waals surface area contributed by atoms with Crippen molar-refractivity contribution in [1.82, 2.24) is 4.90 Å². The predicted molar refractivity (Wildman–Crippen MR) is 54.4 cm³/mol. The molecule has 2 heterocycles. The first-order chi connectivity index (χ1) is 6.87. The molecule has 2 atom stereocenters. The summed E-state index contributed by atoms with van der Waals surface area (Å²) >= 11 is 0. The zero-order chi connectivity index (χ0) is 11.2. The molecule has 2 aliphatic heterocycles. The summed E-state index contributed by atoms with van der Waals surface area (Å²) in [5.74, 6) is 0.488. The molecule has 0 N–H and O–H groups in total. The third kappa shape index (κ3) is 1.98. The first-order valence-corrected chi connectivity index (χ1v) is 5.38. The average Bonchev–Trinajstić information content (AvgIpc) is 2.14. The summed E-state index contributed by atoms with van der Waals surface area (Å²) in [6.07, 6.45) is 0.669. The van der Waals surface area contributed by atoms with Gasteiger partial charge in [-0.3, -0.25) is 4.79 Å². The highest BCUT2D eigenvalue weighted by Crippen LogP contribution is 2.36. The van der Waals surface area contributed by atoms with Gasteiger partial charge in [-0.25, -0.2) is 4.79 Å². The molecule has 1 saturated carbocycles. The number of carbonyl (C=O) groups excluding carboxylic acids is 2. The second kappa shape index (κ2) is 3.22. The maximum absolute atomic E-state index is 11.7. The fourth-order valence-corrected chi connectivity index (χ4v) is 2.16. The molecule has 3 rings (SSSR count). The van der Waals surface area contributed by atoms with Gasteiger partial charge in [-0.15, -0.1) is 0 Å². The Hall–Kier alpha value is -1.06. The first kappa shape index (κ1) is 10.5. The van der Waals surface area contributed by atoms with Crippen molar-refractivity contribution in [3.63, 3.8) is 0 Å². The van der Waals surface area contributed by atoms with Gasteiger partial charge in [0.1, 0.15) is 11.4 Å². The van der Waals surface area contributed by atoms with Gasteiger partial charge in [0.2, 0.25) is 0 Å². The van der Waals surface area contributed by atoms with Crippen molar-refractivity contribution in [2.24, 2.45) is 11.8 Å². The van der Waals surface area contributed by atoms with Gasteiger partial charge in [-0.05, 0) is 27.2 Å². The third-order valence-electron chi connectivity index (χ3n) is 2.91. The number of hydrogen-bond acceptors (Lipinski definition) is 3. The molecular formula is C11H17NO3. The van der Waals surface area contributed by atoms with E-state index in [-0.39, 0.29) is 17.9 Å². The maximum Gasteiger partial charge on any atom is 0.410 e. The van der Waals surface area contributed by atoms with E-state index in [0.29, 0.717) is 18.9 Å². The topological polar surface area (TPSA) is 46.6 Å². The van der Waals surface area contributed by atoms with Crippen LogP contribution in [0.2, 0.25) is 0 Å². The smallest absolute Gasteiger partial charge is 0.410 e. The van der Waals surface area contributed by atoms with E-state index in [1.165, 1.54) is 0 Å². The molecule has 4 heteroatoms. The van der Waals surface area contributed by atoms with E-state index in [2.05, 4.69) is 0 Å². The molecule has 1 amide bonds. The number of ether oxygens (including phenoxy) is 1. The van der Waals surface area contributed by atoms with E-state index < -0.39 is 5.60 Å². The zero-order valence-corrected chi connectivity index (χ0v) is 9.45. The highest BCUT2D eigenvalue weighted by molar-refractivity contribution is 5.91. The molecule has 4 nitrogen and oxygen atoms in total. The molecule has 2 bridgehead atoms. The quantitative estimate of drug-likeness (QED) is 0.609. The van der Waals surface area contributed by atoms with Crippen LogP contribution in [0.25, 0.3) is 0 Å². The number of carbonyl (C=O) groups is 2. The monoisotopic (exact) mass is 211 g/mol. The van der Waals surface area contributed by atoms with Crippen LogP contribution in [-0.4, -0.2) is 35.5 Å². The van der Waals surface area contributed by atoms with Crippen LogP contribution in [0.5, 0.6) is 0 Å². The van der Waals surface area contributed by atoms with E-state index in [1.54, 1.807) is 4.90 Å². The SMILES string of the molecule is CC(C)(C)OC(=O)N1C[C@H]2C[C@@H](C1)C2=O. The Bertz CT molecular complexity index is 291.